The van der Waals surface area contributed by atoms with E-state index in [2.05, 4.69) is 0 Å². The van der Waals surface area contributed by atoms with E-state index in [1.807, 2.05) is 0 Å². The summed E-state index contributed by atoms with van der Waals surface area (Å²) in [6.45, 7) is -0.267. The molecule has 2 aromatic rings. The fourth-order valence-corrected chi connectivity index (χ4v) is 1.56. The number of benzene rings is 1. The van der Waals surface area contributed by atoms with Crippen LogP contribution in [0.15, 0.2) is 41.0 Å². The molecule has 1 aromatic carbocycles. The number of hydrogen-bond donors (Lipinski definition) is 0. The highest BCUT2D eigenvalue weighted by Gasteiger charge is 2.17. The monoisotopic (exact) mass is 277 g/mol. The molecule has 0 radical (unpaired) electrons. The molecule has 1 aromatic heterocycles. The van der Waals surface area contributed by atoms with Crippen molar-refractivity contribution in [1.82, 2.24) is 0 Å². The number of ether oxygens (including phenoxy) is 2. The smallest absolute Gasteiger partial charge is 0.314 e. The van der Waals surface area contributed by atoms with Gasteiger partial charge >= 0.3 is 5.69 Å². The summed E-state index contributed by atoms with van der Waals surface area (Å²) < 4.78 is 15.0. The first-order chi connectivity index (χ1) is 9.61. The molecule has 0 aliphatic carbocycles. The van der Waals surface area contributed by atoms with Gasteiger partial charge in [0, 0.05) is 0 Å². The van der Waals surface area contributed by atoms with Gasteiger partial charge in [-0.1, -0.05) is 0 Å². The molecule has 0 fully saturated rings. The standard InChI is InChI=1S/C13H11NO6/c1-18-12-5-4-9(7-10(12)14(16)17)20-8-11(15)13-3-2-6-19-13/h2-7H,8H2,1H3. The van der Waals surface area contributed by atoms with Gasteiger partial charge in [-0.25, -0.2) is 0 Å². The van der Waals surface area contributed by atoms with E-state index >= 15 is 0 Å². The summed E-state index contributed by atoms with van der Waals surface area (Å²) in [5.74, 6) is 0.151. The van der Waals surface area contributed by atoms with Crippen LogP contribution >= 0.6 is 0 Å². The molecule has 20 heavy (non-hydrogen) atoms. The van der Waals surface area contributed by atoms with Crippen molar-refractivity contribution in [2.24, 2.45) is 0 Å². The summed E-state index contributed by atoms with van der Waals surface area (Å²) in [5.41, 5.74) is -0.226. The summed E-state index contributed by atoms with van der Waals surface area (Å²) >= 11 is 0. The Balaban J connectivity index is 2.08. The van der Waals surface area contributed by atoms with Crippen molar-refractivity contribution in [1.29, 1.82) is 0 Å². The molecule has 2 rings (SSSR count). The summed E-state index contributed by atoms with van der Waals surface area (Å²) in [6, 6.07) is 7.20. The van der Waals surface area contributed by atoms with Crippen LogP contribution in [0.2, 0.25) is 0 Å². The lowest BCUT2D eigenvalue weighted by molar-refractivity contribution is -0.385. The number of nitrogens with zero attached hydrogens (tertiary/aromatic N) is 1. The maximum atomic E-state index is 11.6. The van der Waals surface area contributed by atoms with Crippen molar-refractivity contribution in [3.63, 3.8) is 0 Å². The molecule has 0 atom stereocenters. The summed E-state index contributed by atoms with van der Waals surface area (Å²) in [4.78, 5) is 21.9. The molecule has 1 heterocycles. The molecule has 0 N–H and O–H groups in total. The third-order valence-corrected chi connectivity index (χ3v) is 2.51. The summed E-state index contributed by atoms with van der Waals surface area (Å²) in [7, 11) is 1.34. The maximum Gasteiger partial charge on any atom is 0.314 e. The Morgan fingerprint density at radius 2 is 2.20 bits per heavy atom. The number of nitro groups is 1. The van der Waals surface area contributed by atoms with E-state index in [-0.39, 0.29) is 35.3 Å². The van der Waals surface area contributed by atoms with Gasteiger partial charge in [0.05, 0.1) is 24.4 Å². The van der Waals surface area contributed by atoms with Crippen molar-refractivity contribution in [2.45, 2.75) is 0 Å². The highest BCUT2D eigenvalue weighted by Crippen LogP contribution is 2.30. The first-order valence-corrected chi connectivity index (χ1v) is 5.63. The zero-order chi connectivity index (χ0) is 14.5. The number of ketones is 1. The third-order valence-electron chi connectivity index (χ3n) is 2.51. The molecule has 7 nitrogen and oxygen atoms in total. The Bertz CT molecular complexity index is 620. The second-order valence-corrected chi connectivity index (χ2v) is 3.78. The normalized spacial score (nSPS) is 10.1. The van der Waals surface area contributed by atoms with Crippen LogP contribution in [0.5, 0.6) is 11.5 Å². The van der Waals surface area contributed by atoms with E-state index < -0.39 is 4.92 Å². The quantitative estimate of drug-likeness (QED) is 0.457. The predicted molar refractivity (Wildman–Crippen MR) is 68.2 cm³/mol. The number of Topliss-reactive ketones (excluding diaryl/α,β-unsaturated/α-hetero) is 1. The summed E-state index contributed by atoms with van der Waals surface area (Å²) in [6.07, 6.45) is 1.38. The molecular weight excluding hydrogens is 266 g/mol. The van der Waals surface area contributed by atoms with Gasteiger partial charge in [0.15, 0.2) is 18.1 Å². The number of nitro benzene ring substituents is 1. The number of carbonyl (C=O) groups is 1. The number of rotatable bonds is 6. The van der Waals surface area contributed by atoms with E-state index in [0.29, 0.717) is 0 Å². The highest BCUT2D eigenvalue weighted by atomic mass is 16.6. The van der Waals surface area contributed by atoms with Crippen molar-refractivity contribution in [3.8, 4) is 11.5 Å². The fraction of sp³-hybridized carbons (Fsp3) is 0.154. The number of methoxy groups -OCH3 is 1. The van der Waals surface area contributed by atoms with E-state index in [1.54, 1.807) is 6.07 Å². The lowest BCUT2D eigenvalue weighted by Crippen LogP contribution is -2.10. The minimum Gasteiger partial charge on any atom is -0.490 e. The van der Waals surface area contributed by atoms with Gasteiger partial charge in [-0.05, 0) is 24.3 Å². The lowest BCUT2D eigenvalue weighted by Gasteiger charge is -2.06. The molecule has 104 valence electrons. The minimum atomic E-state index is -0.583. The van der Waals surface area contributed by atoms with Crippen LogP contribution in [0, 0.1) is 10.1 Å². The Morgan fingerprint density at radius 3 is 2.80 bits per heavy atom. The van der Waals surface area contributed by atoms with Gasteiger partial charge in [-0.15, -0.1) is 0 Å². The average molecular weight is 277 g/mol. The molecule has 0 bridgehead atoms. The molecule has 0 spiro atoms. The number of furan rings is 1. The van der Waals surface area contributed by atoms with E-state index in [9.17, 15) is 14.9 Å². The second kappa shape index (κ2) is 5.87. The Morgan fingerprint density at radius 1 is 1.40 bits per heavy atom. The zero-order valence-corrected chi connectivity index (χ0v) is 10.6. The highest BCUT2D eigenvalue weighted by molar-refractivity contribution is 5.94. The molecular formula is C13H11NO6. The minimum absolute atomic E-state index is 0.125. The van der Waals surface area contributed by atoms with Gasteiger partial charge in [-0.2, -0.15) is 0 Å². The average Bonchev–Trinajstić information content (AvgIpc) is 2.98. The van der Waals surface area contributed by atoms with Crippen molar-refractivity contribution in [3.05, 3.63) is 52.5 Å². The van der Waals surface area contributed by atoms with Crippen molar-refractivity contribution >= 4 is 11.5 Å². The second-order valence-electron chi connectivity index (χ2n) is 3.78. The van der Waals surface area contributed by atoms with Crippen LogP contribution < -0.4 is 9.47 Å². The molecule has 0 saturated heterocycles. The first-order valence-electron chi connectivity index (χ1n) is 5.63. The molecule has 0 amide bonds. The van der Waals surface area contributed by atoms with Crippen molar-refractivity contribution < 1.29 is 23.6 Å². The van der Waals surface area contributed by atoms with Gasteiger partial charge in [0.25, 0.3) is 0 Å². The van der Waals surface area contributed by atoms with Crippen LogP contribution in [-0.2, 0) is 0 Å². The Kier molecular flexibility index (Phi) is 3.99. The van der Waals surface area contributed by atoms with Crippen LogP contribution in [0.4, 0.5) is 5.69 Å². The largest absolute Gasteiger partial charge is 0.490 e. The van der Waals surface area contributed by atoms with Crippen LogP contribution in [0.1, 0.15) is 10.6 Å². The molecule has 7 heteroatoms. The Hall–Kier alpha value is -2.83. The predicted octanol–water partition coefficient (Wildman–Crippen LogP) is 2.46. The number of carbonyl (C=O) groups excluding carboxylic acids is 1. The zero-order valence-electron chi connectivity index (χ0n) is 10.6. The van der Waals surface area contributed by atoms with Gasteiger partial charge < -0.3 is 13.9 Å². The van der Waals surface area contributed by atoms with Gasteiger partial charge in [0.1, 0.15) is 5.75 Å². The van der Waals surface area contributed by atoms with Crippen LogP contribution in [0.3, 0.4) is 0 Å². The molecule has 0 aliphatic heterocycles. The third kappa shape index (κ3) is 2.94. The molecule has 0 unspecified atom stereocenters. The van der Waals surface area contributed by atoms with Gasteiger partial charge in [0.2, 0.25) is 5.78 Å². The maximum absolute atomic E-state index is 11.6. The van der Waals surface area contributed by atoms with Crippen LogP contribution in [-0.4, -0.2) is 24.4 Å². The van der Waals surface area contributed by atoms with E-state index in [1.165, 1.54) is 37.6 Å². The fourth-order valence-electron chi connectivity index (χ4n) is 1.56. The summed E-state index contributed by atoms with van der Waals surface area (Å²) in [5, 5.41) is 10.8. The molecule has 0 aliphatic rings. The SMILES string of the molecule is COc1ccc(OCC(=O)c2ccco2)cc1[N+](=O)[O-]. The lowest BCUT2D eigenvalue weighted by atomic mass is 10.2. The number of hydrogen-bond acceptors (Lipinski definition) is 6. The topological polar surface area (TPSA) is 91.8 Å². The first kappa shape index (κ1) is 13.6. The van der Waals surface area contributed by atoms with E-state index in [4.69, 9.17) is 13.9 Å². The molecule has 0 saturated carbocycles. The van der Waals surface area contributed by atoms with Gasteiger partial charge in [-0.3, -0.25) is 14.9 Å². The van der Waals surface area contributed by atoms with E-state index in [0.717, 1.165) is 0 Å². The van der Waals surface area contributed by atoms with Crippen LogP contribution in [0.25, 0.3) is 0 Å². The van der Waals surface area contributed by atoms with Crippen molar-refractivity contribution in [2.75, 3.05) is 13.7 Å². The Labute approximate surface area is 113 Å².